The molecule has 0 aliphatic carbocycles. The van der Waals surface area contributed by atoms with Gasteiger partial charge in [0.05, 0.1) is 19.1 Å². The summed E-state index contributed by atoms with van der Waals surface area (Å²) in [5.41, 5.74) is 1.26. The van der Waals surface area contributed by atoms with Crippen molar-refractivity contribution in [2.45, 2.75) is 4.90 Å². The fourth-order valence-electron chi connectivity index (χ4n) is 2.59. The Morgan fingerprint density at radius 1 is 0.793 bits per heavy atom. The largest absolute Gasteiger partial charge is 0.497 e. The van der Waals surface area contributed by atoms with Crippen LogP contribution in [0, 0.1) is 0 Å². The van der Waals surface area contributed by atoms with E-state index in [-0.39, 0.29) is 10.8 Å². The lowest BCUT2D eigenvalue weighted by Crippen LogP contribution is -2.15. The summed E-state index contributed by atoms with van der Waals surface area (Å²) in [5.74, 6) is 0.682. The Morgan fingerprint density at radius 3 is 1.93 bits per heavy atom. The van der Waals surface area contributed by atoms with E-state index in [2.05, 4.69) is 10.0 Å². The highest BCUT2D eigenvalue weighted by molar-refractivity contribution is 7.92. The molecule has 0 bridgehead atoms. The third kappa shape index (κ3) is 5.05. The standard InChI is InChI=1S/C21H20N2O5S/c1-27-18-12-17(13-19(14-18)28-2)22-21(24)15-8-10-20(11-9-15)29(25,26)23-16-6-4-3-5-7-16/h3-14,23H,1-2H3,(H,22,24). The fourth-order valence-corrected chi connectivity index (χ4v) is 3.65. The number of nitrogens with one attached hydrogen (secondary N) is 2. The van der Waals surface area contributed by atoms with Crippen molar-refractivity contribution in [3.05, 3.63) is 78.4 Å². The van der Waals surface area contributed by atoms with Gasteiger partial charge in [0.15, 0.2) is 0 Å². The lowest BCUT2D eigenvalue weighted by atomic mass is 10.2. The Balaban J connectivity index is 1.75. The SMILES string of the molecule is COc1cc(NC(=O)c2ccc(S(=O)(=O)Nc3ccccc3)cc2)cc(OC)c1. The number of methoxy groups -OCH3 is 2. The smallest absolute Gasteiger partial charge is 0.261 e. The van der Waals surface area contributed by atoms with Crippen molar-refractivity contribution in [2.75, 3.05) is 24.3 Å². The number of amides is 1. The number of ether oxygens (including phenoxy) is 2. The molecular formula is C21H20N2O5S. The lowest BCUT2D eigenvalue weighted by Gasteiger charge is -2.11. The van der Waals surface area contributed by atoms with E-state index in [1.807, 2.05) is 0 Å². The number of benzene rings is 3. The molecular weight excluding hydrogens is 392 g/mol. The van der Waals surface area contributed by atoms with E-state index < -0.39 is 10.0 Å². The van der Waals surface area contributed by atoms with Gasteiger partial charge in [0.1, 0.15) is 11.5 Å². The van der Waals surface area contributed by atoms with Crippen LogP contribution in [-0.4, -0.2) is 28.5 Å². The molecule has 0 aliphatic heterocycles. The lowest BCUT2D eigenvalue weighted by molar-refractivity contribution is 0.102. The summed E-state index contributed by atoms with van der Waals surface area (Å²) in [7, 11) is -0.714. The molecule has 0 fully saturated rings. The van der Waals surface area contributed by atoms with Gasteiger partial charge in [0.2, 0.25) is 0 Å². The summed E-state index contributed by atoms with van der Waals surface area (Å²) < 4.78 is 37.8. The van der Waals surface area contributed by atoms with Gasteiger partial charge in [-0.1, -0.05) is 18.2 Å². The van der Waals surface area contributed by atoms with Gasteiger partial charge in [-0.05, 0) is 36.4 Å². The molecule has 0 aromatic heterocycles. The zero-order valence-corrected chi connectivity index (χ0v) is 16.7. The van der Waals surface area contributed by atoms with Crippen LogP contribution in [0.1, 0.15) is 10.4 Å². The molecule has 2 N–H and O–H groups in total. The zero-order valence-electron chi connectivity index (χ0n) is 15.9. The number of sulfonamides is 1. The molecule has 150 valence electrons. The van der Waals surface area contributed by atoms with Gasteiger partial charge in [-0.25, -0.2) is 8.42 Å². The Bertz CT molecular complexity index is 1080. The highest BCUT2D eigenvalue weighted by Crippen LogP contribution is 2.26. The molecule has 1 amide bonds. The normalized spacial score (nSPS) is 10.8. The minimum Gasteiger partial charge on any atom is -0.497 e. The second kappa shape index (κ2) is 8.66. The third-order valence-electron chi connectivity index (χ3n) is 4.06. The van der Waals surface area contributed by atoms with Gasteiger partial charge >= 0.3 is 0 Å². The van der Waals surface area contributed by atoms with E-state index in [4.69, 9.17) is 9.47 Å². The molecule has 3 rings (SSSR count). The molecule has 3 aromatic carbocycles. The topological polar surface area (TPSA) is 93.7 Å². The van der Waals surface area contributed by atoms with Gasteiger partial charge in [-0.3, -0.25) is 9.52 Å². The number of anilines is 2. The van der Waals surface area contributed by atoms with Gasteiger partial charge in [-0.15, -0.1) is 0 Å². The maximum absolute atomic E-state index is 12.5. The molecule has 3 aromatic rings. The molecule has 29 heavy (non-hydrogen) atoms. The first-order valence-corrected chi connectivity index (χ1v) is 10.1. The number of carbonyl (C=O) groups is 1. The maximum Gasteiger partial charge on any atom is 0.261 e. The number of hydrogen-bond acceptors (Lipinski definition) is 5. The van der Waals surface area contributed by atoms with Crippen molar-refractivity contribution in [1.29, 1.82) is 0 Å². The minimum atomic E-state index is -3.75. The second-order valence-corrected chi connectivity index (χ2v) is 7.73. The summed E-state index contributed by atoms with van der Waals surface area (Å²) in [6, 6.07) is 19.2. The van der Waals surface area contributed by atoms with Crippen LogP contribution in [0.4, 0.5) is 11.4 Å². The third-order valence-corrected chi connectivity index (χ3v) is 5.46. The summed E-state index contributed by atoms with van der Waals surface area (Å²) >= 11 is 0. The first kappa shape index (κ1) is 20.2. The van der Waals surface area contributed by atoms with Crippen molar-refractivity contribution in [3.63, 3.8) is 0 Å². The van der Waals surface area contributed by atoms with Crippen molar-refractivity contribution in [2.24, 2.45) is 0 Å². The predicted molar refractivity (Wildman–Crippen MR) is 111 cm³/mol. The van der Waals surface area contributed by atoms with Crippen LogP contribution in [0.15, 0.2) is 77.7 Å². The Morgan fingerprint density at radius 2 is 1.38 bits per heavy atom. The van der Waals surface area contributed by atoms with Gasteiger partial charge in [0.25, 0.3) is 15.9 Å². The monoisotopic (exact) mass is 412 g/mol. The van der Waals surface area contributed by atoms with E-state index in [0.29, 0.717) is 28.4 Å². The summed E-state index contributed by atoms with van der Waals surface area (Å²) in [5, 5.41) is 2.74. The first-order chi connectivity index (χ1) is 13.9. The van der Waals surface area contributed by atoms with Crippen molar-refractivity contribution in [3.8, 4) is 11.5 Å². The van der Waals surface area contributed by atoms with E-state index in [0.717, 1.165) is 0 Å². The Kier molecular flexibility index (Phi) is 6.04. The number of rotatable bonds is 7. The highest BCUT2D eigenvalue weighted by atomic mass is 32.2. The first-order valence-electron chi connectivity index (χ1n) is 8.63. The van der Waals surface area contributed by atoms with Gasteiger partial charge in [0, 0.05) is 35.1 Å². The molecule has 0 unspecified atom stereocenters. The molecule has 0 saturated carbocycles. The molecule has 0 radical (unpaired) electrons. The van der Waals surface area contributed by atoms with Crippen LogP contribution in [0.25, 0.3) is 0 Å². The zero-order chi connectivity index (χ0) is 20.9. The van der Waals surface area contributed by atoms with Crippen LogP contribution in [0.2, 0.25) is 0 Å². The fraction of sp³-hybridized carbons (Fsp3) is 0.0952. The van der Waals surface area contributed by atoms with Gasteiger partial charge in [-0.2, -0.15) is 0 Å². The summed E-state index contributed by atoms with van der Waals surface area (Å²) in [6.45, 7) is 0. The van der Waals surface area contributed by atoms with E-state index in [9.17, 15) is 13.2 Å². The van der Waals surface area contributed by atoms with Crippen molar-refractivity contribution >= 4 is 27.3 Å². The quantitative estimate of drug-likeness (QED) is 0.616. The highest BCUT2D eigenvalue weighted by Gasteiger charge is 2.15. The van der Waals surface area contributed by atoms with Crippen LogP contribution in [0.5, 0.6) is 11.5 Å². The molecule has 0 atom stereocenters. The predicted octanol–water partition coefficient (Wildman–Crippen LogP) is 3.76. The van der Waals surface area contributed by atoms with Crippen LogP contribution >= 0.6 is 0 Å². The molecule has 0 spiro atoms. The van der Waals surface area contributed by atoms with E-state index >= 15 is 0 Å². The molecule has 0 saturated heterocycles. The summed E-state index contributed by atoms with van der Waals surface area (Å²) in [6.07, 6.45) is 0. The molecule has 8 heteroatoms. The van der Waals surface area contributed by atoms with Crippen LogP contribution in [0.3, 0.4) is 0 Å². The minimum absolute atomic E-state index is 0.0564. The maximum atomic E-state index is 12.5. The number of carbonyl (C=O) groups excluding carboxylic acids is 1. The van der Waals surface area contributed by atoms with Gasteiger partial charge < -0.3 is 14.8 Å². The second-order valence-electron chi connectivity index (χ2n) is 6.05. The Labute approximate surface area is 169 Å². The average Bonchev–Trinajstić information content (AvgIpc) is 2.74. The molecule has 0 aliphatic rings. The summed E-state index contributed by atoms with van der Waals surface area (Å²) in [4.78, 5) is 12.6. The molecule has 7 nitrogen and oxygen atoms in total. The average molecular weight is 412 g/mol. The number of hydrogen-bond donors (Lipinski definition) is 2. The Hall–Kier alpha value is -3.52. The van der Waals surface area contributed by atoms with E-state index in [1.54, 1.807) is 48.5 Å². The molecule has 0 heterocycles. The van der Waals surface area contributed by atoms with Crippen molar-refractivity contribution < 1.29 is 22.7 Å². The van der Waals surface area contributed by atoms with E-state index in [1.165, 1.54) is 38.5 Å². The number of para-hydroxylation sites is 1. The van der Waals surface area contributed by atoms with Crippen LogP contribution in [-0.2, 0) is 10.0 Å². The van der Waals surface area contributed by atoms with Crippen LogP contribution < -0.4 is 19.5 Å². The van der Waals surface area contributed by atoms with Crippen molar-refractivity contribution in [1.82, 2.24) is 0 Å².